The second kappa shape index (κ2) is 11.7. The largest absolute Gasteiger partial charge is 0.465 e. The minimum Gasteiger partial charge on any atom is -0.465 e. The average Bonchev–Trinajstić information content (AvgIpc) is 3.43. The van der Waals surface area contributed by atoms with Gasteiger partial charge in [0.1, 0.15) is 17.6 Å². The van der Waals surface area contributed by atoms with Gasteiger partial charge in [-0.05, 0) is 45.4 Å². The Labute approximate surface area is 222 Å². The number of fused-ring (bicyclic) bond motifs is 1. The van der Waals surface area contributed by atoms with E-state index in [4.69, 9.17) is 9.47 Å². The first-order chi connectivity index (χ1) is 17.6. The fourth-order valence-electron chi connectivity index (χ4n) is 6.86. The van der Waals surface area contributed by atoms with Crippen molar-refractivity contribution in [1.82, 2.24) is 9.80 Å². The number of hydrogen-bond acceptors (Lipinski definition) is 6. The molecule has 0 aromatic rings. The van der Waals surface area contributed by atoms with Crippen LogP contribution in [0.15, 0.2) is 25.3 Å². The van der Waals surface area contributed by atoms with Crippen molar-refractivity contribution in [2.75, 3.05) is 19.8 Å². The standard InChI is InChI=1S/C29H46N2O6/c1-8-12-17-36-27(35)23-22-25(33)31(21(18-32)19(5)11-4)24(29(22)15-14-28(23,7)37-29)26(34)30(16-10-3)20(6)13-9-2/h8,10,19-24,32H,1,3,9,11-18H2,2,4-7H3/t19-,20?,21-,22-,23-,24?,28+,29?/m0/s1. The van der Waals surface area contributed by atoms with Crippen LogP contribution in [0, 0.1) is 17.8 Å². The van der Waals surface area contributed by atoms with Gasteiger partial charge in [0.2, 0.25) is 11.8 Å². The Kier molecular flexibility index (Phi) is 9.27. The first kappa shape index (κ1) is 29.4. The van der Waals surface area contributed by atoms with E-state index in [1.165, 1.54) is 0 Å². The van der Waals surface area contributed by atoms with Crippen molar-refractivity contribution in [3.8, 4) is 0 Å². The van der Waals surface area contributed by atoms with Gasteiger partial charge in [0, 0.05) is 12.6 Å². The van der Waals surface area contributed by atoms with E-state index < -0.39 is 41.1 Å². The van der Waals surface area contributed by atoms with Crippen LogP contribution in [0.25, 0.3) is 0 Å². The van der Waals surface area contributed by atoms with Crippen molar-refractivity contribution in [1.29, 1.82) is 0 Å². The van der Waals surface area contributed by atoms with Gasteiger partial charge in [0.25, 0.3) is 0 Å². The van der Waals surface area contributed by atoms with Gasteiger partial charge in [0.05, 0.1) is 30.8 Å². The molecule has 0 aromatic heterocycles. The highest BCUT2D eigenvalue weighted by atomic mass is 16.6. The van der Waals surface area contributed by atoms with Crippen molar-refractivity contribution in [2.45, 2.75) is 102 Å². The summed E-state index contributed by atoms with van der Waals surface area (Å²) in [7, 11) is 0. The smallest absolute Gasteiger partial charge is 0.312 e. The summed E-state index contributed by atoms with van der Waals surface area (Å²) in [5, 5.41) is 10.5. The van der Waals surface area contributed by atoms with E-state index in [1.54, 1.807) is 22.0 Å². The van der Waals surface area contributed by atoms with Crippen LogP contribution < -0.4 is 0 Å². The van der Waals surface area contributed by atoms with Crippen LogP contribution in [0.1, 0.15) is 73.1 Å². The van der Waals surface area contributed by atoms with Gasteiger partial charge in [-0.15, -0.1) is 13.2 Å². The van der Waals surface area contributed by atoms with Crippen molar-refractivity contribution in [3.63, 3.8) is 0 Å². The molecule has 3 unspecified atom stereocenters. The van der Waals surface area contributed by atoms with Crippen LogP contribution in [0.3, 0.4) is 0 Å². The maximum atomic E-state index is 14.5. The highest BCUT2D eigenvalue weighted by Crippen LogP contribution is 2.64. The normalized spacial score (nSPS) is 32.5. The Morgan fingerprint density at radius 1 is 1.27 bits per heavy atom. The van der Waals surface area contributed by atoms with E-state index in [0.29, 0.717) is 25.8 Å². The zero-order valence-corrected chi connectivity index (χ0v) is 23.3. The Balaban J connectivity index is 2.12. The lowest BCUT2D eigenvalue weighted by molar-refractivity contribution is -0.163. The number of esters is 1. The molecule has 3 rings (SSSR count). The Morgan fingerprint density at radius 3 is 2.54 bits per heavy atom. The maximum absolute atomic E-state index is 14.5. The summed E-state index contributed by atoms with van der Waals surface area (Å²) < 4.78 is 12.2. The minimum absolute atomic E-state index is 0.0498. The predicted octanol–water partition coefficient (Wildman–Crippen LogP) is 3.48. The third-order valence-electron chi connectivity index (χ3n) is 8.96. The molecule has 0 radical (unpaired) electrons. The molecule has 2 bridgehead atoms. The zero-order valence-electron chi connectivity index (χ0n) is 23.3. The van der Waals surface area contributed by atoms with E-state index in [2.05, 4.69) is 20.1 Å². The van der Waals surface area contributed by atoms with Gasteiger partial charge in [-0.2, -0.15) is 0 Å². The lowest BCUT2D eigenvalue weighted by Gasteiger charge is -2.42. The summed E-state index contributed by atoms with van der Waals surface area (Å²) in [6.07, 6.45) is 7.37. The lowest BCUT2D eigenvalue weighted by atomic mass is 9.66. The molecule has 3 heterocycles. The van der Waals surface area contributed by atoms with Crippen LogP contribution in [0.2, 0.25) is 0 Å². The van der Waals surface area contributed by atoms with E-state index in [0.717, 1.165) is 19.3 Å². The van der Waals surface area contributed by atoms with Crippen LogP contribution >= 0.6 is 0 Å². The van der Waals surface area contributed by atoms with E-state index in [9.17, 15) is 19.5 Å². The van der Waals surface area contributed by atoms with Crippen LogP contribution in [0.5, 0.6) is 0 Å². The molecule has 1 spiro atoms. The number of carbonyl (C=O) groups excluding carboxylic acids is 3. The highest BCUT2D eigenvalue weighted by Gasteiger charge is 2.79. The van der Waals surface area contributed by atoms with Gasteiger partial charge in [-0.3, -0.25) is 14.4 Å². The molecule has 0 aliphatic carbocycles. The van der Waals surface area contributed by atoms with Crippen molar-refractivity contribution >= 4 is 17.8 Å². The molecular formula is C29H46N2O6. The topological polar surface area (TPSA) is 96.4 Å². The molecule has 8 atom stereocenters. The van der Waals surface area contributed by atoms with Crippen molar-refractivity contribution in [2.24, 2.45) is 17.8 Å². The molecule has 0 saturated carbocycles. The molecule has 2 amide bonds. The number of hydrogen-bond donors (Lipinski definition) is 1. The molecular weight excluding hydrogens is 472 g/mol. The zero-order chi connectivity index (χ0) is 27.5. The van der Waals surface area contributed by atoms with Crippen LogP contribution in [-0.2, 0) is 23.9 Å². The Hall–Kier alpha value is -2.19. The van der Waals surface area contributed by atoms with Gasteiger partial charge in [0.15, 0.2) is 0 Å². The summed E-state index contributed by atoms with van der Waals surface area (Å²) in [4.78, 5) is 45.5. The van der Waals surface area contributed by atoms with Crippen molar-refractivity contribution in [3.05, 3.63) is 25.3 Å². The minimum atomic E-state index is -1.14. The van der Waals surface area contributed by atoms with Gasteiger partial charge < -0.3 is 24.4 Å². The van der Waals surface area contributed by atoms with Crippen LogP contribution in [-0.4, -0.2) is 81.8 Å². The summed E-state index contributed by atoms with van der Waals surface area (Å²) in [5.41, 5.74) is -2.03. The molecule has 3 saturated heterocycles. The second-order valence-corrected chi connectivity index (χ2v) is 11.3. The van der Waals surface area contributed by atoms with Gasteiger partial charge >= 0.3 is 5.97 Å². The predicted molar refractivity (Wildman–Crippen MR) is 141 cm³/mol. The third-order valence-corrected chi connectivity index (χ3v) is 8.96. The van der Waals surface area contributed by atoms with E-state index >= 15 is 0 Å². The number of aliphatic hydroxyl groups is 1. The number of amides is 2. The average molecular weight is 519 g/mol. The summed E-state index contributed by atoms with van der Waals surface area (Å²) >= 11 is 0. The first-order valence-corrected chi connectivity index (χ1v) is 13.9. The number of likely N-dealkylation sites (tertiary alicyclic amines) is 1. The van der Waals surface area contributed by atoms with Gasteiger partial charge in [-0.25, -0.2) is 0 Å². The van der Waals surface area contributed by atoms with Crippen molar-refractivity contribution < 1.29 is 29.0 Å². The summed E-state index contributed by atoms with van der Waals surface area (Å²) in [6, 6.07) is -1.55. The summed E-state index contributed by atoms with van der Waals surface area (Å²) in [5.74, 6) is -2.66. The molecule has 8 heteroatoms. The van der Waals surface area contributed by atoms with E-state index in [1.807, 2.05) is 27.7 Å². The number of aliphatic hydroxyl groups excluding tert-OH is 1. The third kappa shape index (κ3) is 4.87. The number of ether oxygens (including phenoxy) is 2. The first-order valence-electron chi connectivity index (χ1n) is 13.9. The SMILES string of the molecule is C=CCCOC(=O)[C@@H]1[C@H]2C(=O)N([C@@H](CO)[C@@H](C)CC)C(C(=O)N(CC=C)C(C)CCC)C23CC[C@@]1(C)O3. The molecule has 1 N–H and O–H groups in total. The fourth-order valence-corrected chi connectivity index (χ4v) is 6.86. The number of nitrogens with zero attached hydrogens (tertiary/aromatic N) is 2. The molecule has 3 aliphatic rings. The molecule has 8 nitrogen and oxygen atoms in total. The Bertz CT molecular complexity index is 892. The summed E-state index contributed by atoms with van der Waals surface area (Å²) in [6.45, 7) is 17.7. The number of carbonyl (C=O) groups is 3. The quantitative estimate of drug-likeness (QED) is 0.215. The fraction of sp³-hybridized carbons (Fsp3) is 0.759. The molecule has 3 aliphatic heterocycles. The lowest BCUT2D eigenvalue weighted by Crippen LogP contribution is -2.61. The molecule has 37 heavy (non-hydrogen) atoms. The Morgan fingerprint density at radius 2 is 1.97 bits per heavy atom. The van der Waals surface area contributed by atoms with Crippen LogP contribution in [0.4, 0.5) is 0 Å². The van der Waals surface area contributed by atoms with E-state index in [-0.39, 0.29) is 37.0 Å². The highest BCUT2D eigenvalue weighted by molar-refractivity contribution is 5.98. The molecule has 3 fully saturated rings. The number of rotatable bonds is 14. The monoisotopic (exact) mass is 518 g/mol. The maximum Gasteiger partial charge on any atom is 0.312 e. The molecule has 208 valence electrons. The van der Waals surface area contributed by atoms with Gasteiger partial charge in [-0.1, -0.05) is 45.8 Å². The molecule has 0 aromatic carbocycles. The second-order valence-electron chi connectivity index (χ2n) is 11.3.